The maximum absolute atomic E-state index is 13.3. The fraction of sp³-hybridized carbons (Fsp3) is 0.524. The standard InChI is InChI=1S/C21H25N3O3S2/c25-21(14-4-2-1-3-5-14)23-20-15-6-7-16(20)12-24(11-15)29(26,27)17-8-9-18-19(10-17)28-13-22-18/h1-2,8-10,13-16,20H,3-7,11-12H2,(H,23,25)/t14?,15-,16+,20?. The van der Waals surface area contributed by atoms with Gasteiger partial charge in [0.05, 0.1) is 20.6 Å². The summed E-state index contributed by atoms with van der Waals surface area (Å²) in [4.78, 5) is 17.3. The van der Waals surface area contributed by atoms with Gasteiger partial charge < -0.3 is 5.32 Å². The molecule has 5 rings (SSSR count). The molecule has 2 fully saturated rings. The quantitative estimate of drug-likeness (QED) is 0.754. The molecule has 8 heteroatoms. The summed E-state index contributed by atoms with van der Waals surface area (Å²) >= 11 is 1.45. The summed E-state index contributed by atoms with van der Waals surface area (Å²) in [6, 6.07) is 5.26. The molecule has 1 N–H and O–H groups in total. The average molecular weight is 432 g/mol. The minimum Gasteiger partial charge on any atom is -0.352 e. The van der Waals surface area contributed by atoms with Crippen LogP contribution in [0, 0.1) is 17.8 Å². The first-order chi connectivity index (χ1) is 14.0. The normalized spacial score (nSPS) is 29.9. The molecule has 2 aliphatic carbocycles. The average Bonchev–Trinajstić information content (AvgIpc) is 3.28. The summed E-state index contributed by atoms with van der Waals surface area (Å²) in [6.07, 6.45) is 8.86. The van der Waals surface area contributed by atoms with Crippen molar-refractivity contribution in [2.24, 2.45) is 17.8 Å². The van der Waals surface area contributed by atoms with Gasteiger partial charge in [0.25, 0.3) is 0 Å². The lowest BCUT2D eigenvalue weighted by Gasteiger charge is -2.38. The Morgan fingerprint density at radius 2 is 1.93 bits per heavy atom. The van der Waals surface area contributed by atoms with Crippen molar-refractivity contribution >= 4 is 37.5 Å². The number of sulfonamides is 1. The molecule has 2 aromatic rings. The van der Waals surface area contributed by atoms with Crippen molar-refractivity contribution in [3.05, 3.63) is 35.9 Å². The molecule has 1 aromatic heterocycles. The Hall–Kier alpha value is -1.77. The zero-order valence-corrected chi connectivity index (χ0v) is 17.8. The number of aromatic nitrogens is 1. The molecule has 3 aliphatic rings. The first-order valence-corrected chi connectivity index (χ1v) is 12.6. The maximum atomic E-state index is 13.3. The van der Waals surface area contributed by atoms with Crippen molar-refractivity contribution in [3.8, 4) is 0 Å². The third kappa shape index (κ3) is 3.51. The summed E-state index contributed by atoms with van der Waals surface area (Å²) in [5.41, 5.74) is 2.56. The number of fused-ring (bicyclic) bond motifs is 3. The van der Waals surface area contributed by atoms with Gasteiger partial charge in [-0.15, -0.1) is 11.3 Å². The van der Waals surface area contributed by atoms with Crippen LogP contribution < -0.4 is 5.32 Å². The third-order valence-electron chi connectivity index (χ3n) is 6.69. The number of amides is 1. The van der Waals surface area contributed by atoms with Crippen molar-refractivity contribution in [1.29, 1.82) is 0 Å². The molecular formula is C21H25N3O3S2. The highest BCUT2D eigenvalue weighted by molar-refractivity contribution is 7.89. The largest absolute Gasteiger partial charge is 0.352 e. The lowest BCUT2D eigenvalue weighted by molar-refractivity contribution is -0.126. The van der Waals surface area contributed by atoms with Gasteiger partial charge in [-0.1, -0.05) is 12.2 Å². The minimum atomic E-state index is -3.54. The van der Waals surface area contributed by atoms with Gasteiger partial charge in [-0.05, 0) is 62.1 Å². The smallest absolute Gasteiger partial charge is 0.243 e. The number of carbonyl (C=O) groups is 1. The Morgan fingerprint density at radius 3 is 2.66 bits per heavy atom. The van der Waals surface area contributed by atoms with Crippen molar-refractivity contribution in [2.75, 3.05) is 13.1 Å². The van der Waals surface area contributed by atoms with Crippen LogP contribution in [-0.2, 0) is 14.8 Å². The summed E-state index contributed by atoms with van der Waals surface area (Å²) in [5, 5.41) is 3.28. The van der Waals surface area contributed by atoms with Gasteiger partial charge in [0.15, 0.2) is 0 Å². The van der Waals surface area contributed by atoms with Crippen LogP contribution in [-0.4, -0.2) is 42.7 Å². The molecule has 1 saturated carbocycles. The second kappa shape index (κ2) is 7.49. The van der Waals surface area contributed by atoms with Crippen LogP contribution >= 0.6 is 11.3 Å². The zero-order valence-electron chi connectivity index (χ0n) is 16.2. The molecule has 0 radical (unpaired) electrons. The summed E-state index contributed by atoms with van der Waals surface area (Å²) < 4.78 is 29.0. The predicted octanol–water partition coefficient (Wildman–Crippen LogP) is 3.17. The molecule has 2 unspecified atom stereocenters. The van der Waals surface area contributed by atoms with Crippen LogP contribution in [0.15, 0.2) is 40.8 Å². The number of nitrogens with zero attached hydrogens (tertiary/aromatic N) is 2. The Labute approximate surface area is 175 Å². The Balaban J connectivity index is 1.31. The fourth-order valence-electron chi connectivity index (χ4n) is 5.07. The minimum absolute atomic E-state index is 0.0623. The van der Waals surface area contributed by atoms with E-state index in [4.69, 9.17) is 0 Å². The number of rotatable bonds is 4. The number of piperidine rings is 1. The third-order valence-corrected chi connectivity index (χ3v) is 9.31. The molecule has 1 saturated heterocycles. The van der Waals surface area contributed by atoms with E-state index >= 15 is 0 Å². The van der Waals surface area contributed by atoms with Crippen LogP contribution in [0.3, 0.4) is 0 Å². The van der Waals surface area contributed by atoms with Gasteiger partial charge >= 0.3 is 0 Å². The lowest BCUT2D eigenvalue weighted by atomic mass is 9.90. The summed E-state index contributed by atoms with van der Waals surface area (Å²) in [5.74, 6) is 0.591. The SMILES string of the molecule is O=C(NC1[C@@H]2CC[C@H]1CN(S(=O)(=O)c1ccc3ncsc3c1)C2)C1CC=CCC1. The number of hydrogen-bond donors (Lipinski definition) is 1. The molecule has 1 aliphatic heterocycles. The van der Waals surface area contributed by atoms with Gasteiger partial charge in [0, 0.05) is 25.0 Å². The van der Waals surface area contributed by atoms with Gasteiger partial charge in [0.2, 0.25) is 15.9 Å². The van der Waals surface area contributed by atoms with Crippen LogP contribution in [0.2, 0.25) is 0 Å². The molecule has 1 aromatic carbocycles. The van der Waals surface area contributed by atoms with E-state index in [9.17, 15) is 13.2 Å². The zero-order chi connectivity index (χ0) is 20.0. The summed E-state index contributed by atoms with van der Waals surface area (Å²) in [6.45, 7) is 0.962. The number of carbonyl (C=O) groups excluding carboxylic acids is 1. The van der Waals surface area contributed by atoms with E-state index in [1.807, 2.05) is 0 Å². The van der Waals surface area contributed by atoms with Gasteiger partial charge in [-0.2, -0.15) is 4.31 Å². The molecule has 0 spiro atoms. The predicted molar refractivity (Wildman–Crippen MR) is 113 cm³/mol. The fourth-order valence-corrected chi connectivity index (χ4v) is 7.44. The molecule has 6 nitrogen and oxygen atoms in total. The monoisotopic (exact) mass is 431 g/mol. The van der Waals surface area contributed by atoms with Crippen LogP contribution in [0.1, 0.15) is 32.1 Å². The molecule has 4 atom stereocenters. The van der Waals surface area contributed by atoms with Gasteiger partial charge in [-0.25, -0.2) is 13.4 Å². The van der Waals surface area contributed by atoms with Crippen LogP contribution in [0.5, 0.6) is 0 Å². The van der Waals surface area contributed by atoms with Crippen molar-refractivity contribution in [2.45, 2.75) is 43.0 Å². The van der Waals surface area contributed by atoms with E-state index in [-0.39, 0.29) is 29.7 Å². The van der Waals surface area contributed by atoms with E-state index in [2.05, 4.69) is 22.5 Å². The van der Waals surface area contributed by atoms with Crippen molar-refractivity contribution in [1.82, 2.24) is 14.6 Å². The molecule has 29 heavy (non-hydrogen) atoms. The van der Waals surface area contributed by atoms with E-state index < -0.39 is 10.0 Å². The van der Waals surface area contributed by atoms with Crippen molar-refractivity contribution < 1.29 is 13.2 Å². The van der Waals surface area contributed by atoms with Gasteiger partial charge in [-0.3, -0.25) is 4.79 Å². The molecule has 154 valence electrons. The number of benzene rings is 1. The highest BCUT2D eigenvalue weighted by atomic mass is 32.2. The van der Waals surface area contributed by atoms with E-state index in [1.165, 1.54) is 11.3 Å². The van der Waals surface area contributed by atoms with E-state index in [0.717, 1.165) is 42.3 Å². The van der Waals surface area contributed by atoms with Crippen LogP contribution in [0.25, 0.3) is 10.2 Å². The Morgan fingerprint density at radius 1 is 1.14 bits per heavy atom. The van der Waals surface area contributed by atoms with E-state index in [0.29, 0.717) is 18.0 Å². The Bertz CT molecular complexity index is 1050. The maximum Gasteiger partial charge on any atom is 0.243 e. The number of thiazole rings is 1. The molecule has 2 bridgehead atoms. The number of nitrogens with one attached hydrogen (secondary N) is 1. The Kier molecular flexibility index (Phi) is 4.96. The molecular weight excluding hydrogens is 406 g/mol. The molecule has 2 heterocycles. The summed E-state index contributed by atoms with van der Waals surface area (Å²) in [7, 11) is -3.54. The topological polar surface area (TPSA) is 79.4 Å². The first-order valence-electron chi connectivity index (χ1n) is 10.3. The number of allylic oxidation sites excluding steroid dienone is 2. The van der Waals surface area contributed by atoms with Gasteiger partial charge in [0.1, 0.15) is 0 Å². The van der Waals surface area contributed by atoms with Crippen molar-refractivity contribution in [3.63, 3.8) is 0 Å². The van der Waals surface area contributed by atoms with Crippen LogP contribution in [0.4, 0.5) is 0 Å². The van der Waals surface area contributed by atoms with E-state index in [1.54, 1.807) is 28.0 Å². The highest BCUT2D eigenvalue weighted by Crippen LogP contribution is 2.39. The second-order valence-corrected chi connectivity index (χ2v) is 11.2. The first kappa shape index (κ1) is 19.2. The lowest BCUT2D eigenvalue weighted by Crippen LogP contribution is -2.54. The highest BCUT2D eigenvalue weighted by Gasteiger charge is 2.46. The number of hydrogen-bond acceptors (Lipinski definition) is 5. The molecule has 1 amide bonds. The second-order valence-electron chi connectivity index (χ2n) is 8.42.